The minimum atomic E-state index is -1.63. The number of nitrogen functional groups attached to an aromatic ring is 1. The molecule has 7 rings (SSSR count). The van der Waals surface area contributed by atoms with Crippen molar-refractivity contribution in [3.63, 3.8) is 0 Å². The van der Waals surface area contributed by atoms with Gasteiger partial charge in [0.1, 0.15) is 11.2 Å². The SMILES string of the molecule is CO[C@H]1[C@@H]2C[C@@H]3[C@H]1[C@](O)(C[C@@H]2OC)[C@@]1(O)[C@H](OC)[C@@H]2[C@@]4(COC(=O)c5ccccc5N)CC[C@H](OC)[C@@]32[C@@H]1NC4. The highest BCUT2D eigenvalue weighted by atomic mass is 16.5. The molecule has 0 amide bonds. The van der Waals surface area contributed by atoms with Gasteiger partial charge in [-0.25, -0.2) is 4.79 Å². The number of aliphatic hydroxyl groups is 2. The Labute approximate surface area is 234 Å². The van der Waals surface area contributed by atoms with Crippen molar-refractivity contribution < 1.29 is 38.7 Å². The minimum Gasteiger partial charge on any atom is -0.461 e. The van der Waals surface area contributed by atoms with E-state index in [1.54, 1.807) is 52.7 Å². The first-order valence-corrected chi connectivity index (χ1v) is 14.5. The number of methoxy groups -OCH3 is 4. The maximum absolute atomic E-state index is 13.2. The van der Waals surface area contributed by atoms with Gasteiger partial charge in [0, 0.05) is 75.7 Å². The molecular weight excluding hydrogens is 516 g/mol. The van der Waals surface area contributed by atoms with Gasteiger partial charge in [-0.15, -0.1) is 0 Å². The molecule has 0 radical (unpaired) electrons. The van der Waals surface area contributed by atoms with E-state index in [0.29, 0.717) is 24.2 Å². The molecule has 7 bridgehead atoms. The van der Waals surface area contributed by atoms with Crippen LogP contribution in [0.1, 0.15) is 36.0 Å². The number of esters is 1. The Morgan fingerprint density at radius 2 is 1.88 bits per heavy atom. The zero-order chi connectivity index (χ0) is 28.2. The molecule has 10 heteroatoms. The Morgan fingerprint density at radius 3 is 2.55 bits per heavy atom. The van der Waals surface area contributed by atoms with Gasteiger partial charge in [0.15, 0.2) is 0 Å². The van der Waals surface area contributed by atoms with Gasteiger partial charge in [0.05, 0.1) is 42.6 Å². The van der Waals surface area contributed by atoms with Crippen LogP contribution in [-0.4, -0.2) is 99.4 Å². The first-order chi connectivity index (χ1) is 19.2. The molecule has 1 aromatic rings. The molecule has 0 aromatic heterocycles. The number of nitrogens with two attached hydrogens (primary N) is 1. The van der Waals surface area contributed by atoms with Gasteiger partial charge < -0.3 is 44.9 Å². The number of anilines is 1. The van der Waals surface area contributed by atoms with Crippen LogP contribution in [0, 0.1) is 34.5 Å². The summed E-state index contributed by atoms with van der Waals surface area (Å²) in [6.45, 7) is 0.672. The molecule has 220 valence electrons. The maximum atomic E-state index is 13.2. The lowest BCUT2D eigenvalue weighted by Gasteiger charge is -2.67. The number of carbonyl (C=O) groups is 1. The molecule has 1 aromatic carbocycles. The Morgan fingerprint density at radius 1 is 1.10 bits per heavy atom. The van der Waals surface area contributed by atoms with E-state index in [4.69, 9.17) is 29.4 Å². The van der Waals surface area contributed by atoms with Gasteiger partial charge in [-0.05, 0) is 37.3 Å². The van der Waals surface area contributed by atoms with Crippen LogP contribution in [0.25, 0.3) is 0 Å². The average Bonchev–Trinajstić information content (AvgIpc) is 3.36. The molecule has 5 N–H and O–H groups in total. The highest BCUT2D eigenvalue weighted by molar-refractivity contribution is 5.95. The van der Waals surface area contributed by atoms with Crippen LogP contribution < -0.4 is 11.1 Å². The first-order valence-electron chi connectivity index (χ1n) is 14.5. The monoisotopic (exact) mass is 558 g/mol. The lowest BCUT2D eigenvalue weighted by molar-refractivity contribution is -0.301. The fraction of sp³-hybridized carbons (Fsp3) is 0.767. The second kappa shape index (κ2) is 8.86. The Balaban J connectivity index is 1.37. The van der Waals surface area contributed by atoms with Crippen molar-refractivity contribution in [2.45, 2.75) is 67.3 Å². The van der Waals surface area contributed by atoms with Crippen LogP contribution in [0.5, 0.6) is 0 Å². The highest BCUT2D eigenvalue weighted by Crippen LogP contribution is 2.79. The molecule has 1 spiro atoms. The summed E-state index contributed by atoms with van der Waals surface area (Å²) < 4.78 is 30.7. The predicted octanol–water partition coefficient (Wildman–Crippen LogP) is 0.986. The summed E-state index contributed by atoms with van der Waals surface area (Å²) in [4.78, 5) is 13.2. The standard InChI is InChI=1S/C30H42N2O8/c1-36-19-12-28(34)21-17(11-16(19)22(21)38-3)29-20(37-2)9-10-27(14-40-25(33)15-7-5-6-8-18(15)31)13-32-26(29)30(28,35)24(39-4)23(27)29/h5-8,16-17,19-24,26,32,34-35H,9-14,31H2,1-4H3/t16-,17-,19+,20+,21-,22+,23-,24-,26+,27+,28-,29+,30-/m1/s1. The third-order valence-electron chi connectivity index (χ3n) is 12.4. The highest BCUT2D eigenvalue weighted by Gasteiger charge is 2.90. The normalized spacial score (nSPS) is 51.5. The number of hydrogen-bond donors (Lipinski definition) is 4. The third-order valence-corrected chi connectivity index (χ3v) is 12.4. The number of hydrogen-bond acceptors (Lipinski definition) is 10. The molecule has 10 nitrogen and oxygen atoms in total. The van der Waals surface area contributed by atoms with Gasteiger partial charge in [0.25, 0.3) is 0 Å². The number of piperidine rings is 1. The van der Waals surface area contributed by atoms with Crippen molar-refractivity contribution >= 4 is 11.7 Å². The van der Waals surface area contributed by atoms with E-state index in [2.05, 4.69) is 5.32 Å². The van der Waals surface area contributed by atoms with Crippen molar-refractivity contribution in [1.29, 1.82) is 0 Å². The van der Waals surface area contributed by atoms with Crippen molar-refractivity contribution in [1.82, 2.24) is 5.32 Å². The lowest BCUT2D eigenvalue weighted by Crippen LogP contribution is -2.81. The summed E-state index contributed by atoms with van der Waals surface area (Å²) in [6, 6.07) is 6.44. The molecular formula is C30H42N2O8. The summed E-state index contributed by atoms with van der Waals surface area (Å²) in [5, 5.41) is 29.5. The molecule has 5 aliphatic carbocycles. The zero-order valence-electron chi connectivity index (χ0n) is 23.7. The van der Waals surface area contributed by atoms with Crippen LogP contribution in [0.4, 0.5) is 5.69 Å². The fourth-order valence-electron chi connectivity index (χ4n) is 11.3. The van der Waals surface area contributed by atoms with Gasteiger partial charge in [-0.1, -0.05) is 12.1 Å². The number of ether oxygens (including phenoxy) is 5. The van der Waals surface area contributed by atoms with Gasteiger partial charge in [0.2, 0.25) is 0 Å². The third kappa shape index (κ3) is 2.86. The van der Waals surface area contributed by atoms with Crippen molar-refractivity contribution in [3.8, 4) is 0 Å². The first kappa shape index (κ1) is 27.1. The molecule has 5 saturated carbocycles. The summed E-state index contributed by atoms with van der Waals surface area (Å²) in [7, 11) is 6.72. The number of fused-ring (bicyclic) bond motifs is 2. The number of benzene rings is 1. The smallest absolute Gasteiger partial charge is 0.340 e. The van der Waals surface area contributed by atoms with E-state index in [1.807, 2.05) is 0 Å². The van der Waals surface area contributed by atoms with Crippen molar-refractivity contribution in [2.75, 3.05) is 47.3 Å². The molecule has 1 aliphatic heterocycles. The summed E-state index contributed by atoms with van der Waals surface area (Å²) >= 11 is 0. The molecule has 40 heavy (non-hydrogen) atoms. The number of para-hydroxylation sites is 1. The molecule has 1 heterocycles. The Bertz CT molecular complexity index is 1200. The van der Waals surface area contributed by atoms with Crippen LogP contribution in [-0.2, 0) is 23.7 Å². The van der Waals surface area contributed by atoms with Crippen LogP contribution in [0.15, 0.2) is 24.3 Å². The molecule has 6 fully saturated rings. The van der Waals surface area contributed by atoms with Crippen molar-refractivity contribution in [3.05, 3.63) is 29.8 Å². The second-order valence-corrected chi connectivity index (χ2v) is 13.2. The number of rotatable bonds is 7. The second-order valence-electron chi connectivity index (χ2n) is 13.2. The van der Waals surface area contributed by atoms with E-state index in [0.717, 1.165) is 19.3 Å². The summed E-state index contributed by atoms with van der Waals surface area (Å²) in [6.07, 6.45) is 1.16. The van der Waals surface area contributed by atoms with E-state index >= 15 is 0 Å². The lowest BCUT2D eigenvalue weighted by atomic mass is 9.43. The van der Waals surface area contributed by atoms with Crippen LogP contribution in [0.3, 0.4) is 0 Å². The minimum absolute atomic E-state index is 0.0130. The summed E-state index contributed by atoms with van der Waals surface area (Å²) in [5.41, 5.74) is 2.55. The van der Waals surface area contributed by atoms with E-state index < -0.39 is 40.1 Å². The maximum Gasteiger partial charge on any atom is 0.340 e. The molecule has 1 saturated heterocycles. The van der Waals surface area contributed by atoms with E-state index in [1.165, 1.54) is 0 Å². The molecule has 6 aliphatic rings. The largest absolute Gasteiger partial charge is 0.461 e. The molecule has 13 atom stereocenters. The quantitative estimate of drug-likeness (QED) is 0.283. The van der Waals surface area contributed by atoms with Crippen LogP contribution in [0.2, 0.25) is 0 Å². The van der Waals surface area contributed by atoms with E-state index in [-0.39, 0.29) is 48.6 Å². The topological polar surface area (TPSA) is 142 Å². The summed E-state index contributed by atoms with van der Waals surface area (Å²) in [5.74, 6) is -0.918. The van der Waals surface area contributed by atoms with Gasteiger partial charge >= 0.3 is 5.97 Å². The number of carbonyl (C=O) groups excluding carboxylic acids is 1. The van der Waals surface area contributed by atoms with Gasteiger partial charge in [-0.2, -0.15) is 0 Å². The average molecular weight is 559 g/mol. The Hall–Kier alpha value is -1.79. The van der Waals surface area contributed by atoms with Gasteiger partial charge in [-0.3, -0.25) is 0 Å². The van der Waals surface area contributed by atoms with Crippen molar-refractivity contribution in [2.24, 2.45) is 34.5 Å². The molecule has 0 unspecified atom stereocenters. The predicted molar refractivity (Wildman–Crippen MR) is 143 cm³/mol. The zero-order valence-corrected chi connectivity index (χ0v) is 23.7. The van der Waals surface area contributed by atoms with E-state index in [9.17, 15) is 15.0 Å². The number of nitrogens with one attached hydrogen (secondary N) is 1. The fourth-order valence-corrected chi connectivity index (χ4v) is 11.3. The van der Waals surface area contributed by atoms with Crippen LogP contribution >= 0.6 is 0 Å². The Kier molecular flexibility index (Phi) is 5.99.